The van der Waals surface area contributed by atoms with Crippen LogP contribution in [0.25, 0.3) is 0 Å². The van der Waals surface area contributed by atoms with Crippen molar-refractivity contribution in [2.45, 2.75) is 51.0 Å². The van der Waals surface area contributed by atoms with Crippen molar-refractivity contribution in [3.8, 4) is 0 Å². The third-order valence-electron chi connectivity index (χ3n) is 3.42. The lowest BCUT2D eigenvalue weighted by Gasteiger charge is -2.24. The number of primary amides is 1. The summed E-state index contributed by atoms with van der Waals surface area (Å²) < 4.78 is 14.6. The zero-order chi connectivity index (χ0) is 21.4. The number of hydrogen-bond donors (Lipinski definition) is 8. The molecule has 12 nitrogen and oxygen atoms in total. The summed E-state index contributed by atoms with van der Waals surface area (Å²) in [7, 11) is 0. The molecule has 9 N–H and O–H groups in total. The minimum Gasteiger partial charge on any atom is -0.442 e. The van der Waals surface area contributed by atoms with Crippen LogP contribution < -0.4 is 21.7 Å². The molecule has 0 rings (SSSR count). The van der Waals surface area contributed by atoms with Gasteiger partial charge in [-0.05, 0) is 13.3 Å². The highest BCUT2D eigenvalue weighted by molar-refractivity contribution is 5.64. The normalized spacial score (nSPS) is 16.8. The average Bonchev–Trinajstić information content (AvgIpc) is 2.63. The molecule has 166 valence electrons. The number of ether oxygens (including phenoxy) is 3. The maximum atomic E-state index is 11.0. The molecule has 1 amide bonds. The van der Waals surface area contributed by atoms with Crippen molar-refractivity contribution in [3.05, 3.63) is 12.7 Å². The van der Waals surface area contributed by atoms with Crippen LogP contribution in [0.3, 0.4) is 0 Å². The highest BCUT2D eigenvalue weighted by Crippen LogP contribution is 2.04. The molecule has 0 bridgehead atoms. The second-order valence-corrected chi connectivity index (χ2v) is 5.75. The molecule has 0 aromatic carbocycles. The van der Waals surface area contributed by atoms with Gasteiger partial charge in [-0.3, -0.25) is 16.0 Å². The largest absolute Gasteiger partial charge is 0.442 e. The second kappa shape index (κ2) is 16.6. The molecule has 0 saturated carbocycles. The Morgan fingerprint density at radius 1 is 1.07 bits per heavy atom. The van der Waals surface area contributed by atoms with Gasteiger partial charge in [-0.1, -0.05) is 6.08 Å². The smallest absolute Gasteiger partial charge is 0.404 e. The van der Waals surface area contributed by atoms with Gasteiger partial charge in [0.25, 0.3) is 0 Å². The lowest BCUT2D eigenvalue weighted by Crippen LogP contribution is -2.46. The third kappa shape index (κ3) is 14.7. The zero-order valence-corrected chi connectivity index (χ0v) is 16.1. The molecule has 0 fully saturated rings. The van der Waals surface area contributed by atoms with Crippen LogP contribution in [0.4, 0.5) is 4.79 Å². The van der Waals surface area contributed by atoms with Gasteiger partial charge in [-0.15, -0.1) is 6.58 Å². The SMILES string of the molecule is C=CCOC(O)NCC(O)CCNC(O)C(CCNC(O)OCC)OC(N)=O. The highest BCUT2D eigenvalue weighted by Gasteiger charge is 2.22. The molecule has 28 heavy (non-hydrogen) atoms. The number of aliphatic hydroxyl groups is 4. The van der Waals surface area contributed by atoms with Crippen LogP contribution in [0, 0.1) is 0 Å². The molecule has 5 atom stereocenters. The lowest BCUT2D eigenvalue weighted by atomic mass is 10.2. The third-order valence-corrected chi connectivity index (χ3v) is 3.42. The van der Waals surface area contributed by atoms with Crippen LogP contribution >= 0.6 is 0 Å². The van der Waals surface area contributed by atoms with Gasteiger partial charge < -0.3 is 40.4 Å². The van der Waals surface area contributed by atoms with E-state index in [0.717, 1.165) is 0 Å². The fourth-order valence-electron chi connectivity index (χ4n) is 2.08. The van der Waals surface area contributed by atoms with Crippen molar-refractivity contribution >= 4 is 6.09 Å². The van der Waals surface area contributed by atoms with E-state index in [1.54, 1.807) is 6.92 Å². The van der Waals surface area contributed by atoms with Gasteiger partial charge in [-0.2, -0.15) is 0 Å². The Hall–Kier alpha value is -1.35. The Bertz CT molecular complexity index is 418. The maximum absolute atomic E-state index is 11.0. The van der Waals surface area contributed by atoms with E-state index in [1.807, 2.05) is 0 Å². The molecule has 0 aliphatic rings. The van der Waals surface area contributed by atoms with Crippen molar-refractivity contribution in [3.63, 3.8) is 0 Å². The number of aliphatic hydroxyl groups excluding tert-OH is 4. The van der Waals surface area contributed by atoms with Crippen molar-refractivity contribution in [1.29, 1.82) is 0 Å². The van der Waals surface area contributed by atoms with E-state index in [-0.39, 0.29) is 39.1 Å². The van der Waals surface area contributed by atoms with Gasteiger partial charge in [0.05, 0.1) is 12.7 Å². The number of nitrogens with two attached hydrogens (primary N) is 1. The van der Waals surface area contributed by atoms with E-state index >= 15 is 0 Å². The zero-order valence-electron chi connectivity index (χ0n) is 16.1. The summed E-state index contributed by atoms with van der Waals surface area (Å²) in [6, 6.07) is 0. The molecule has 12 heteroatoms. The van der Waals surface area contributed by atoms with Gasteiger partial charge in [0, 0.05) is 32.7 Å². The average molecular weight is 410 g/mol. The molecular weight excluding hydrogens is 376 g/mol. The Kier molecular flexibility index (Phi) is 15.8. The summed E-state index contributed by atoms with van der Waals surface area (Å²) >= 11 is 0. The Labute approximate surface area is 164 Å². The van der Waals surface area contributed by atoms with Crippen molar-refractivity contribution in [2.75, 3.05) is 32.8 Å². The minimum absolute atomic E-state index is 0.0660. The Balaban J connectivity index is 4.16. The molecule has 5 unspecified atom stereocenters. The summed E-state index contributed by atoms with van der Waals surface area (Å²) in [5, 5.41) is 46.7. The fraction of sp³-hybridized carbons (Fsp3) is 0.812. The molecule has 0 spiro atoms. The number of nitrogens with one attached hydrogen (secondary N) is 3. The van der Waals surface area contributed by atoms with Crippen LogP contribution in [0.1, 0.15) is 19.8 Å². The van der Waals surface area contributed by atoms with Crippen LogP contribution in [-0.4, -0.2) is 90.6 Å². The van der Waals surface area contributed by atoms with Gasteiger partial charge in [-0.25, -0.2) is 4.79 Å². The molecule has 0 aromatic rings. The molecule has 0 saturated heterocycles. The van der Waals surface area contributed by atoms with Crippen molar-refractivity contribution in [2.24, 2.45) is 5.73 Å². The first kappa shape index (κ1) is 26.6. The standard InChI is InChI=1S/C16H34N4O8/c1-3-9-27-16(25)20-10-11(21)5-7-18-13(22)12(28-14(17)23)6-8-19-15(24)26-4-2/h3,11-13,15-16,18-22,24-25H,1,4-10H2,2H3,(H2,17,23). The summed E-state index contributed by atoms with van der Waals surface area (Å²) in [5.74, 6) is 0. The summed E-state index contributed by atoms with van der Waals surface area (Å²) in [4.78, 5) is 11.0. The maximum Gasteiger partial charge on any atom is 0.404 e. The first-order chi connectivity index (χ1) is 13.3. The Morgan fingerprint density at radius 3 is 2.32 bits per heavy atom. The number of rotatable bonds is 18. The predicted molar refractivity (Wildman–Crippen MR) is 99.5 cm³/mol. The molecule has 0 aromatic heterocycles. The van der Waals surface area contributed by atoms with Crippen LogP contribution in [0.5, 0.6) is 0 Å². The number of hydrogen-bond acceptors (Lipinski definition) is 11. The number of carbonyl (C=O) groups excluding carboxylic acids is 1. The number of amides is 1. The summed E-state index contributed by atoms with van der Waals surface area (Å²) in [6.45, 7) is 6.09. The van der Waals surface area contributed by atoms with Gasteiger partial charge >= 0.3 is 6.09 Å². The van der Waals surface area contributed by atoms with Crippen molar-refractivity contribution < 1.29 is 39.4 Å². The molecule has 0 heterocycles. The minimum atomic E-state index is -1.24. The van der Waals surface area contributed by atoms with E-state index < -0.39 is 37.4 Å². The van der Waals surface area contributed by atoms with Crippen LogP contribution in [0.2, 0.25) is 0 Å². The highest BCUT2D eigenvalue weighted by atomic mass is 16.6. The first-order valence-electron chi connectivity index (χ1n) is 9.02. The van der Waals surface area contributed by atoms with E-state index in [0.29, 0.717) is 6.61 Å². The summed E-state index contributed by atoms with van der Waals surface area (Å²) in [5.41, 5.74) is 5.01. The predicted octanol–water partition coefficient (Wildman–Crippen LogP) is -2.53. The Morgan fingerprint density at radius 2 is 1.71 bits per heavy atom. The lowest BCUT2D eigenvalue weighted by molar-refractivity contribution is -0.117. The van der Waals surface area contributed by atoms with E-state index in [4.69, 9.17) is 19.9 Å². The van der Waals surface area contributed by atoms with Crippen LogP contribution in [0.15, 0.2) is 12.7 Å². The first-order valence-corrected chi connectivity index (χ1v) is 9.02. The topological polar surface area (TPSA) is 188 Å². The summed E-state index contributed by atoms with van der Waals surface area (Å²) in [6.07, 6.45) is -4.60. The second-order valence-electron chi connectivity index (χ2n) is 5.75. The van der Waals surface area contributed by atoms with E-state index in [2.05, 4.69) is 22.5 Å². The van der Waals surface area contributed by atoms with Crippen LogP contribution in [-0.2, 0) is 14.2 Å². The van der Waals surface area contributed by atoms with Gasteiger partial charge in [0.15, 0.2) is 0 Å². The quantitative estimate of drug-likeness (QED) is 0.0879. The van der Waals surface area contributed by atoms with E-state index in [9.17, 15) is 25.2 Å². The molecule has 0 radical (unpaired) electrons. The van der Waals surface area contributed by atoms with Crippen molar-refractivity contribution in [1.82, 2.24) is 16.0 Å². The monoisotopic (exact) mass is 410 g/mol. The van der Waals surface area contributed by atoms with E-state index in [1.165, 1.54) is 6.08 Å². The fourth-order valence-corrected chi connectivity index (χ4v) is 2.08. The molecule has 0 aliphatic heterocycles. The van der Waals surface area contributed by atoms with Gasteiger partial charge in [0.2, 0.25) is 12.8 Å². The molecule has 0 aliphatic carbocycles. The molecular formula is C16H34N4O8. The van der Waals surface area contributed by atoms with Gasteiger partial charge in [0.1, 0.15) is 12.3 Å². The number of carbonyl (C=O) groups is 1.